The number of benzene rings is 4. The monoisotopic (exact) mass is 731 g/mol. The Morgan fingerprint density at radius 2 is 1.47 bits per heavy atom. The smallest absolute Gasteiger partial charge is 0.162 e. The van der Waals surface area contributed by atoms with Crippen molar-refractivity contribution in [2.75, 3.05) is 4.90 Å². The molecule has 55 heavy (non-hydrogen) atoms. The molecule has 4 nitrogen and oxygen atoms in total. The molecule has 5 aliphatic rings. The van der Waals surface area contributed by atoms with Crippen molar-refractivity contribution in [2.45, 2.75) is 37.0 Å². The number of nitrogens with zero attached hydrogens (tertiary/aromatic N) is 3. The first-order chi connectivity index (χ1) is 27.2. The van der Waals surface area contributed by atoms with Crippen LogP contribution < -0.4 is 10.2 Å². The highest BCUT2D eigenvalue weighted by molar-refractivity contribution is 7.17. The maximum atomic E-state index is 5.35. The van der Waals surface area contributed by atoms with Crippen LogP contribution in [0.1, 0.15) is 58.9 Å². The van der Waals surface area contributed by atoms with Crippen LogP contribution in [0, 0.1) is 11.8 Å². The maximum absolute atomic E-state index is 5.35. The molecule has 1 aromatic heterocycles. The summed E-state index contributed by atoms with van der Waals surface area (Å²) in [4.78, 5) is 13.2. The van der Waals surface area contributed by atoms with E-state index in [-0.39, 0.29) is 23.7 Å². The van der Waals surface area contributed by atoms with Crippen LogP contribution >= 0.6 is 9.24 Å². The Balaban J connectivity index is 1.08. The lowest BCUT2D eigenvalue weighted by Crippen LogP contribution is -2.84. The number of hydrogen-bond acceptors (Lipinski definition) is 3. The second-order valence-corrected chi connectivity index (χ2v) is 15.8. The van der Waals surface area contributed by atoms with E-state index in [1.807, 2.05) is 0 Å². The number of aromatic nitrogens is 2. The molecule has 5 heteroatoms. The molecule has 2 N–H and O–H groups in total. The average molecular weight is 732 g/mol. The summed E-state index contributed by atoms with van der Waals surface area (Å²) < 4.78 is 0. The minimum Gasteiger partial charge on any atom is -0.322 e. The Hall–Kier alpha value is -5.67. The summed E-state index contributed by atoms with van der Waals surface area (Å²) in [7, 11) is 3.17. The van der Waals surface area contributed by atoms with Gasteiger partial charge in [0, 0.05) is 45.9 Å². The van der Waals surface area contributed by atoms with Gasteiger partial charge >= 0.3 is 0 Å². The Labute approximate surface area is 326 Å². The van der Waals surface area contributed by atoms with Gasteiger partial charge in [0.25, 0.3) is 0 Å². The molecule has 0 saturated carbocycles. The normalized spacial score (nSPS) is 23.0. The van der Waals surface area contributed by atoms with Gasteiger partial charge in [0.15, 0.2) is 5.82 Å². The van der Waals surface area contributed by atoms with E-state index in [1.54, 1.807) is 0 Å². The summed E-state index contributed by atoms with van der Waals surface area (Å²) in [6, 6.07) is 44.1. The van der Waals surface area contributed by atoms with Crippen LogP contribution in [0.15, 0.2) is 187 Å². The lowest BCUT2D eigenvalue weighted by molar-refractivity contribution is -0.611. The van der Waals surface area contributed by atoms with E-state index in [1.165, 1.54) is 50.4 Å². The van der Waals surface area contributed by atoms with Gasteiger partial charge in [-0.15, -0.1) is 9.24 Å². The second kappa shape index (κ2) is 14.5. The van der Waals surface area contributed by atoms with Gasteiger partial charge in [-0.05, 0) is 53.7 Å². The largest absolute Gasteiger partial charge is 0.322 e. The third kappa shape index (κ3) is 6.20. The highest BCUT2D eigenvalue weighted by Crippen LogP contribution is 2.48. The molecular weight excluding hydrogens is 688 g/mol. The summed E-state index contributed by atoms with van der Waals surface area (Å²) in [6.07, 6.45) is 23.6. The van der Waals surface area contributed by atoms with Crippen LogP contribution in [0.2, 0.25) is 0 Å². The van der Waals surface area contributed by atoms with Crippen molar-refractivity contribution in [1.82, 2.24) is 9.97 Å². The van der Waals surface area contributed by atoms with E-state index in [0.717, 1.165) is 42.2 Å². The first-order valence-corrected chi connectivity index (χ1v) is 20.3. The lowest BCUT2D eigenvalue weighted by Gasteiger charge is -2.34. The predicted molar refractivity (Wildman–Crippen MR) is 229 cm³/mol. The number of rotatable bonds is 7. The first kappa shape index (κ1) is 33.9. The minimum absolute atomic E-state index is 0.159. The molecular formula is C50H44N4P+. The summed E-state index contributed by atoms with van der Waals surface area (Å²) >= 11 is 0. The van der Waals surface area contributed by atoms with Gasteiger partial charge in [-0.25, -0.2) is 9.97 Å². The summed E-state index contributed by atoms with van der Waals surface area (Å²) in [6.45, 7) is 0. The molecule has 2 aliphatic heterocycles. The zero-order chi connectivity index (χ0) is 36.7. The summed E-state index contributed by atoms with van der Waals surface area (Å²) in [5.41, 5.74) is 14.3. The van der Waals surface area contributed by atoms with Crippen molar-refractivity contribution < 1.29 is 5.32 Å². The standard InChI is InChI=1S/C50H43N4P/c55-49(34-19-6-2-7-20-34)48-41-28-11-10-27-40(41)46(47(53-48)33-17-4-1-5-18-33)37-24-16-23-36(31-37)42-32-45(52-50(51-42)35-21-8-3-9-22-35)54-43-29-14-12-25-38(43)39-26-13-15-30-44(39)54/h1-14,16-29,32,37-38,43,48-49,53H,15,30-31,55H2/p+1. The van der Waals surface area contributed by atoms with Crippen LogP contribution in [-0.4, -0.2) is 16.0 Å². The number of fused-ring (bicyclic) bond motifs is 3. The fraction of sp³-hybridized carbons (Fsp3) is 0.160. The van der Waals surface area contributed by atoms with Crippen molar-refractivity contribution in [1.29, 1.82) is 0 Å². The topological polar surface area (TPSA) is 45.6 Å². The molecule has 0 fully saturated rings. The summed E-state index contributed by atoms with van der Waals surface area (Å²) in [5.74, 6) is 2.23. The van der Waals surface area contributed by atoms with Crippen LogP contribution in [-0.2, 0) is 0 Å². The average Bonchev–Trinajstić information content (AvgIpc) is 3.61. The quantitative estimate of drug-likeness (QED) is 0.170. The number of allylic oxidation sites excluding steroid dienone is 10. The molecule has 3 aliphatic carbocycles. The van der Waals surface area contributed by atoms with E-state index in [9.17, 15) is 0 Å². The zero-order valence-corrected chi connectivity index (χ0v) is 31.9. The van der Waals surface area contributed by atoms with E-state index >= 15 is 0 Å². The van der Waals surface area contributed by atoms with Crippen LogP contribution in [0.5, 0.6) is 0 Å². The fourth-order valence-electron chi connectivity index (χ4n) is 9.33. The minimum atomic E-state index is 0.159. The Kier molecular flexibility index (Phi) is 8.94. The Morgan fingerprint density at radius 3 is 2.29 bits per heavy atom. The molecule has 5 aromatic rings. The number of nitrogens with two attached hydrogens (primary N) is 1. The molecule has 0 spiro atoms. The van der Waals surface area contributed by atoms with E-state index in [2.05, 4.69) is 195 Å². The lowest BCUT2D eigenvalue weighted by atomic mass is 9.76. The molecule has 4 aromatic carbocycles. The van der Waals surface area contributed by atoms with Gasteiger partial charge < -0.3 is 10.2 Å². The van der Waals surface area contributed by atoms with Gasteiger partial charge in [0.1, 0.15) is 17.6 Å². The van der Waals surface area contributed by atoms with Gasteiger partial charge in [-0.3, -0.25) is 0 Å². The van der Waals surface area contributed by atoms with Crippen molar-refractivity contribution >= 4 is 31.9 Å². The molecule has 10 rings (SSSR count). The van der Waals surface area contributed by atoms with E-state index < -0.39 is 0 Å². The molecule has 3 heterocycles. The first-order valence-electron chi connectivity index (χ1n) is 19.6. The molecule has 268 valence electrons. The number of hydrogen-bond donors (Lipinski definition) is 1. The van der Waals surface area contributed by atoms with Crippen LogP contribution in [0.4, 0.5) is 5.82 Å². The van der Waals surface area contributed by atoms with Crippen LogP contribution in [0.3, 0.4) is 0 Å². The number of anilines is 1. The van der Waals surface area contributed by atoms with Gasteiger partial charge in [0.2, 0.25) is 0 Å². The van der Waals surface area contributed by atoms with E-state index in [0.29, 0.717) is 5.92 Å². The molecule has 0 amide bonds. The van der Waals surface area contributed by atoms with Crippen molar-refractivity contribution in [3.63, 3.8) is 0 Å². The van der Waals surface area contributed by atoms with Crippen molar-refractivity contribution in [2.24, 2.45) is 11.8 Å². The Morgan fingerprint density at radius 1 is 0.745 bits per heavy atom. The highest BCUT2D eigenvalue weighted by atomic mass is 31.0. The molecule has 6 atom stereocenters. The van der Waals surface area contributed by atoms with Crippen molar-refractivity contribution in [3.8, 4) is 11.4 Å². The molecule has 0 bridgehead atoms. The van der Waals surface area contributed by atoms with Gasteiger partial charge in [-0.2, -0.15) is 0 Å². The van der Waals surface area contributed by atoms with E-state index in [4.69, 9.17) is 9.97 Å². The van der Waals surface area contributed by atoms with Crippen molar-refractivity contribution in [3.05, 3.63) is 215 Å². The number of quaternary nitrogens is 1. The summed E-state index contributed by atoms with van der Waals surface area (Å²) in [5, 5.41) is 2.54. The SMILES string of the molecule is PC(c1ccccc1)C1[NH2+]C(c2ccccc2)=C(C2C=CC=C(c3cc(N4C5=C(C=CCC5)C5C=CC=CC54)nc(-c4ccccc4)n3)C2)c2ccccc21. The van der Waals surface area contributed by atoms with Crippen LogP contribution in [0.25, 0.3) is 28.2 Å². The highest BCUT2D eigenvalue weighted by Gasteiger charge is 2.41. The van der Waals surface area contributed by atoms with Gasteiger partial charge in [0.05, 0.1) is 17.4 Å². The molecule has 0 saturated heterocycles. The predicted octanol–water partition coefficient (Wildman–Crippen LogP) is 10.4. The Bertz CT molecular complexity index is 2470. The molecule has 0 radical (unpaired) electrons. The maximum Gasteiger partial charge on any atom is 0.162 e. The third-order valence-electron chi connectivity index (χ3n) is 11.9. The zero-order valence-electron chi connectivity index (χ0n) is 30.7. The fourth-order valence-corrected chi connectivity index (χ4v) is 9.87. The second-order valence-electron chi connectivity index (χ2n) is 15.1. The van der Waals surface area contributed by atoms with Gasteiger partial charge in [-0.1, -0.05) is 158 Å². The molecule has 6 unspecified atom stereocenters. The third-order valence-corrected chi connectivity index (χ3v) is 12.7.